The van der Waals surface area contributed by atoms with Gasteiger partial charge in [0.2, 0.25) is 0 Å². The summed E-state index contributed by atoms with van der Waals surface area (Å²) < 4.78 is 23.0. The molecule has 0 N–H and O–H groups in total. The van der Waals surface area contributed by atoms with Gasteiger partial charge in [-0.3, -0.25) is 9.59 Å². The van der Waals surface area contributed by atoms with E-state index in [0.717, 1.165) is 53.0 Å². The van der Waals surface area contributed by atoms with Crippen molar-refractivity contribution in [1.82, 2.24) is 0 Å². The lowest BCUT2D eigenvalue weighted by Crippen LogP contribution is -2.35. The molecule has 0 aromatic heterocycles. The van der Waals surface area contributed by atoms with Crippen molar-refractivity contribution >= 4 is 11.9 Å². The summed E-state index contributed by atoms with van der Waals surface area (Å²) in [5.74, 6) is -0.126. The van der Waals surface area contributed by atoms with Crippen LogP contribution in [0.5, 0.6) is 11.5 Å². The highest BCUT2D eigenvalue weighted by Gasteiger charge is 2.53. The van der Waals surface area contributed by atoms with Gasteiger partial charge in [-0.15, -0.1) is 0 Å². The molecule has 2 bridgehead atoms. The molecule has 4 aromatic carbocycles. The van der Waals surface area contributed by atoms with Crippen LogP contribution in [0.2, 0.25) is 0 Å². The second kappa shape index (κ2) is 17.2. The first-order valence-corrected chi connectivity index (χ1v) is 17.5. The average molecular weight is 681 g/mol. The molecule has 0 heterocycles. The van der Waals surface area contributed by atoms with Crippen LogP contribution in [0.25, 0.3) is 22.3 Å². The van der Waals surface area contributed by atoms with E-state index >= 15 is 0 Å². The lowest BCUT2D eigenvalue weighted by molar-refractivity contribution is -0.161. The second-order valence-electron chi connectivity index (χ2n) is 12.9. The molecule has 0 aliphatic heterocycles. The molecular formula is C43H40N2O6. The maximum Gasteiger partial charge on any atom is 0.310 e. The van der Waals surface area contributed by atoms with E-state index in [4.69, 9.17) is 29.5 Å². The Kier molecular flexibility index (Phi) is 11.8. The van der Waals surface area contributed by atoms with Crippen molar-refractivity contribution in [3.05, 3.63) is 120 Å². The summed E-state index contributed by atoms with van der Waals surface area (Å²) in [6.45, 7) is 1.54. The maximum atomic E-state index is 13.1. The quantitative estimate of drug-likeness (QED) is 0.0659. The Bertz CT molecular complexity index is 1750. The second-order valence-corrected chi connectivity index (χ2v) is 12.9. The van der Waals surface area contributed by atoms with Gasteiger partial charge in [0.05, 0.1) is 61.5 Å². The van der Waals surface area contributed by atoms with Crippen LogP contribution < -0.4 is 9.47 Å². The third-order valence-corrected chi connectivity index (χ3v) is 9.51. The first-order valence-electron chi connectivity index (χ1n) is 17.5. The first-order chi connectivity index (χ1) is 25.0. The smallest absolute Gasteiger partial charge is 0.310 e. The van der Waals surface area contributed by atoms with E-state index < -0.39 is 11.8 Å². The minimum atomic E-state index is -0.506. The molecule has 258 valence electrons. The van der Waals surface area contributed by atoms with Crippen LogP contribution in [0, 0.1) is 46.3 Å². The Morgan fingerprint density at radius 2 is 0.843 bits per heavy atom. The third kappa shape index (κ3) is 9.04. The summed E-state index contributed by atoms with van der Waals surface area (Å²) in [5, 5.41) is 18.0. The number of allylic oxidation sites excluding steroid dienone is 2. The number of ether oxygens (including phenoxy) is 4. The van der Waals surface area contributed by atoms with Gasteiger partial charge >= 0.3 is 11.9 Å². The lowest BCUT2D eigenvalue weighted by Gasteiger charge is -2.25. The molecule has 4 unspecified atom stereocenters. The number of unbranched alkanes of at least 4 members (excludes halogenated alkanes) is 2. The monoisotopic (exact) mass is 680 g/mol. The van der Waals surface area contributed by atoms with Gasteiger partial charge in [0.25, 0.3) is 0 Å². The molecule has 0 spiro atoms. The van der Waals surface area contributed by atoms with Gasteiger partial charge in [0.1, 0.15) is 11.5 Å². The van der Waals surface area contributed by atoms with Crippen molar-refractivity contribution in [1.29, 1.82) is 10.5 Å². The maximum absolute atomic E-state index is 13.1. The molecule has 8 heteroatoms. The van der Waals surface area contributed by atoms with E-state index in [-0.39, 0.29) is 37.0 Å². The van der Waals surface area contributed by atoms with Crippen LogP contribution in [0.3, 0.4) is 0 Å². The molecule has 8 nitrogen and oxygen atoms in total. The van der Waals surface area contributed by atoms with Gasteiger partial charge in [-0.2, -0.15) is 10.5 Å². The fourth-order valence-electron chi connectivity index (χ4n) is 6.75. The molecule has 0 radical (unpaired) electrons. The summed E-state index contributed by atoms with van der Waals surface area (Å²) in [5.41, 5.74) is 5.41. The molecule has 2 aliphatic rings. The SMILES string of the molecule is N#Cc1ccc(-c2ccc(OCCCCOC(=O)C3C4C=CC(C4)C3C(=O)OCCCCOc3ccc(-c4ccc(C#N)cc4)cc3)cc2)cc1. The van der Waals surface area contributed by atoms with Crippen molar-refractivity contribution in [2.75, 3.05) is 26.4 Å². The Hall–Kier alpha value is -5.86. The Labute approximate surface area is 298 Å². The van der Waals surface area contributed by atoms with Crippen molar-refractivity contribution < 1.29 is 28.5 Å². The van der Waals surface area contributed by atoms with Gasteiger partial charge in [-0.25, -0.2) is 0 Å². The number of hydrogen-bond acceptors (Lipinski definition) is 8. The number of nitriles is 2. The highest BCUT2D eigenvalue weighted by atomic mass is 16.5. The predicted molar refractivity (Wildman–Crippen MR) is 192 cm³/mol. The molecule has 0 amide bonds. The zero-order valence-corrected chi connectivity index (χ0v) is 28.4. The van der Waals surface area contributed by atoms with Gasteiger partial charge in [-0.05, 0) is 115 Å². The van der Waals surface area contributed by atoms with E-state index in [1.165, 1.54) is 0 Å². The number of carbonyl (C=O) groups excluding carboxylic acids is 2. The van der Waals surface area contributed by atoms with Gasteiger partial charge < -0.3 is 18.9 Å². The fraction of sp³-hybridized carbons (Fsp3) is 0.302. The summed E-state index contributed by atoms with van der Waals surface area (Å²) >= 11 is 0. The van der Waals surface area contributed by atoms with Crippen LogP contribution in [0.15, 0.2) is 109 Å². The van der Waals surface area contributed by atoms with Gasteiger partial charge in [0, 0.05) is 0 Å². The zero-order chi connectivity index (χ0) is 35.4. The normalized spacial score (nSPS) is 18.4. The Morgan fingerprint density at radius 1 is 0.510 bits per heavy atom. The summed E-state index contributed by atoms with van der Waals surface area (Å²) in [4.78, 5) is 26.3. The summed E-state index contributed by atoms with van der Waals surface area (Å²) in [6, 6.07) is 34.8. The number of rotatable bonds is 16. The standard InChI is InChI=1S/C43H40N2O6/c44-28-30-5-9-32(10-6-30)34-15-19-38(20-16-34)48-23-1-3-25-50-42(46)40-36-13-14-37(27-36)41(40)43(47)51-26-4-2-24-49-39-21-17-35(18-22-39)33-11-7-31(29-45)8-12-33/h5-22,36-37,40-41H,1-4,23-27H2. The zero-order valence-electron chi connectivity index (χ0n) is 28.4. The minimum absolute atomic E-state index is 0.00679. The number of hydrogen-bond donors (Lipinski definition) is 0. The predicted octanol–water partition coefficient (Wildman–Crippen LogP) is 8.31. The van der Waals surface area contributed by atoms with E-state index in [9.17, 15) is 9.59 Å². The van der Waals surface area contributed by atoms with Crippen molar-refractivity contribution in [2.45, 2.75) is 32.1 Å². The Morgan fingerprint density at radius 3 is 1.20 bits per heavy atom. The molecule has 6 rings (SSSR count). The highest BCUT2D eigenvalue weighted by Crippen LogP contribution is 2.49. The molecule has 2 aliphatic carbocycles. The van der Waals surface area contributed by atoms with Crippen molar-refractivity contribution in [2.24, 2.45) is 23.7 Å². The van der Waals surface area contributed by atoms with Gasteiger partial charge in [0.15, 0.2) is 0 Å². The Balaban J connectivity index is 0.857. The average Bonchev–Trinajstić information content (AvgIpc) is 3.81. The number of esters is 2. The molecule has 1 fully saturated rings. The highest BCUT2D eigenvalue weighted by molar-refractivity contribution is 5.84. The summed E-state index contributed by atoms with van der Waals surface area (Å²) in [6.07, 6.45) is 7.61. The van der Waals surface area contributed by atoms with Crippen LogP contribution in [-0.4, -0.2) is 38.4 Å². The minimum Gasteiger partial charge on any atom is -0.494 e. The van der Waals surface area contributed by atoms with E-state index in [1.807, 2.05) is 84.9 Å². The molecular weight excluding hydrogens is 640 g/mol. The number of fused-ring (bicyclic) bond motifs is 2. The van der Waals surface area contributed by atoms with Crippen LogP contribution in [-0.2, 0) is 19.1 Å². The van der Waals surface area contributed by atoms with Crippen LogP contribution in [0.4, 0.5) is 0 Å². The van der Waals surface area contributed by atoms with E-state index in [2.05, 4.69) is 12.1 Å². The largest absolute Gasteiger partial charge is 0.494 e. The first kappa shape index (κ1) is 35.0. The fourth-order valence-corrected chi connectivity index (χ4v) is 6.75. The molecule has 51 heavy (non-hydrogen) atoms. The van der Waals surface area contributed by atoms with Crippen LogP contribution in [0.1, 0.15) is 43.2 Å². The molecule has 1 saturated carbocycles. The van der Waals surface area contributed by atoms with Crippen molar-refractivity contribution in [3.63, 3.8) is 0 Å². The number of carbonyl (C=O) groups is 2. The summed E-state index contributed by atoms with van der Waals surface area (Å²) in [7, 11) is 0. The van der Waals surface area contributed by atoms with Gasteiger partial charge in [-0.1, -0.05) is 60.7 Å². The van der Waals surface area contributed by atoms with Crippen molar-refractivity contribution in [3.8, 4) is 45.9 Å². The number of benzene rings is 4. The number of nitrogens with zero attached hydrogens (tertiary/aromatic N) is 2. The van der Waals surface area contributed by atoms with E-state index in [1.54, 1.807) is 24.3 Å². The third-order valence-electron chi connectivity index (χ3n) is 9.51. The van der Waals surface area contributed by atoms with Crippen LogP contribution >= 0.6 is 0 Å². The topological polar surface area (TPSA) is 119 Å². The van der Waals surface area contributed by atoms with E-state index in [0.29, 0.717) is 37.2 Å². The molecule has 4 atom stereocenters. The molecule has 0 saturated heterocycles. The lowest BCUT2D eigenvalue weighted by atomic mass is 9.83. The molecule has 4 aromatic rings.